The Balaban J connectivity index is 1.95. The Morgan fingerprint density at radius 1 is 1.48 bits per heavy atom. The van der Waals surface area contributed by atoms with Gasteiger partial charge in [0.1, 0.15) is 11.4 Å². The van der Waals surface area contributed by atoms with Crippen LogP contribution in [0.25, 0.3) is 0 Å². The van der Waals surface area contributed by atoms with Gasteiger partial charge < -0.3 is 14.7 Å². The van der Waals surface area contributed by atoms with Crippen LogP contribution < -0.4 is 5.32 Å². The summed E-state index contributed by atoms with van der Waals surface area (Å²) in [6.45, 7) is 5.56. The predicted molar refractivity (Wildman–Crippen MR) is 105 cm³/mol. The Kier molecular flexibility index (Phi) is 5.55. The molecule has 5 nitrogen and oxygen atoms in total. The van der Waals surface area contributed by atoms with Crippen molar-refractivity contribution in [2.75, 3.05) is 13.2 Å². The third kappa shape index (κ3) is 3.34. The second-order valence-corrected chi connectivity index (χ2v) is 6.95. The van der Waals surface area contributed by atoms with E-state index in [0.717, 1.165) is 0 Å². The van der Waals surface area contributed by atoms with Crippen LogP contribution in [0.3, 0.4) is 0 Å². The van der Waals surface area contributed by atoms with Crippen molar-refractivity contribution in [3.63, 3.8) is 0 Å². The summed E-state index contributed by atoms with van der Waals surface area (Å²) < 4.78 is 20.3. The Hall–Kier alpha value is -2.35. The Morgan fingerprint density at radius 2 is 2.19 bits per heavy atom. The van der Waals surface area contributed by atoms with Gasteiger partial charge in [0, 0.05) is 23.3 Å². The smallest absolute Gasteiger partial charge is 0.257 e. The number of allylic oxidation sites excluding steroid dienone is 2. The molecule has 1 aromatic carbocycles. The molecule has 0 saturated carbocycles. The van der Waals surface area contributed by atoms with E-state index in [2.05, 4.69) is 11.9 Å². The van der Waals surface area contributed by atoms with Crippen LogP contribution in [0.5, 0.6) is 0 Å². The first-order chi connectivity index (χ1) is 12.9. The molecule has 0 radical (unpaired) electrons. The lowest BCUT2D eigenvalue weighted by molar-refractivity contribution is 0.0858. The van der Waals surface area contributed by atoms with Gasteiger partial charge in [-0.15, -0.1) is 0 Å². The molecule has 1 fully saturated rings. The van der Waals surface area contributed by atoms with Crippen molar-refractivity contribution in [1.82, 2.24) is 10.2 Å². The molecule has 2 heterocycles. The first-order valence-corrected chi connectivity index (χ1v) is 8.98. The average Bonchev–Trinajstić information content (AvgIpc) is 2.95. The lowest BCUT2D eigenvalue weighted by Gasteiger charge is -2.43. The number of carbonyl (C=O) groups excluding carboxylic acids is 1. The summed E-state index contributed by atoms with van der Waals surface area (Å²) in [6.07, 6.45) is 4.02. The van der Waals surface area contributed by atoms with Crippen LogP contribution in [0.4, 0.5) is 4.39 Å². The SMILES string of the molecule is C=C1C(F)=CC=CN(C(=S)NC(=O)c2ccccc2)[C@]12CO[C@H](C)[C@H]2CO. The summed E-state index contributed by atoms with van der Waals surface area (Å²) in [5.41, 5.74) is -0.513. The van der Waals surface area contributed by atoms with E-state index in [1.807, 2.05) is 13.0 Å². The molecule has 142 valence electrons. The van der Waals surface area contributed by atoms with Gasteiger partial charge in [-0.2, -0.15) is 0 Å². The van der Waals surface area contributed by atoms with E-state index >= 15 is 0 Å². The number of halogens is 1. The van der Waals surface area contributed by atoms with E-state index in [9.17, 15) is 14.3 Å². The minimum absolute atomic E-state index is 0.0838. The summed E-state index contributed by atoms with van der Waals surface area (Å²) in [5.74, 6) is -1.36. The lowest BCUT2D eigenvalue weighted by Crippen LogP contribution is -2.59. The molecule has 0 bridgehead atoms. The molecule has 7 heteroatoms. The van der Waals surface area contributed by atoms with Gasteiger partial charge in [-0.1, -0.05) is 24.8 Å². The fourth-order valence-corrected chi connectivity index (χ4v) is 3.91. The van der Waals surface area contributed by atoms with Crippen LogP contribution >= 0.6 is 12.2 Å². The second kappa shape index (κ2) is 7.72. The van der Waals surface area contributed by atoms with Gasteiger partial charge in [-0.25, -0.2) is 4.39 Å². The van der Waals surface area contributed by atoms with Gasteiger partial charge in [0.15, 0.2) is 5.11 Å². The van der Waals surface area contributed by atoms with Crippen molar-refractivity contribution in [3.8, 4) is 0 Å². The molecule has 2 aliphatic heterocycles. The summed E-state index contributed by atoms with van der Waals surface area (Å²) >= 11 is 5.47. The molecule has 3 rings (SSSR count). The highest BCUT2D eigenvalue weighted by Crippen LogP contribution is 2.45. The molecular formula is C20H21FN2O3S. The molecule has 0 aliphatic carbocycles. The van der Waals surface area contributed by atoms with Gasteiger partial charge in [0.25, 0.3) is 5.91 Å². The fraction of sp³-hybridized carbons (Fsp3) is 0.300. The third-order valence-corrected chi connectivity index (χ3v) is 5.44. The number of carbonyl (C=O) groups is 1. The number of hydrogen-bond donors (Lipinski definition) is 2. The Bertz CT molecular complexity index is 824. The van der Waals surface area contributed by atoms with Gasteiger partial charge >= 0.3 is 0 Å². The largest absolute Gasteiger partial charge is 0.396 e. The standard InChI is InChI=1S/C20H21FN2O3S/c1-13-17(21)9-6-10-23(20(13)12-26-14(2)16(20)11-24)19(27)22-18(25)15-7-4-3-5-8-15/h3-10,14,16,24H,1,11-12H2,2H3,(H,22,25,27)/t14-,16-,20-/m1/s1. The predicted octanol–water partition coefficient (Wildman–Crippen LogP) is 2.71. The monoisotopic (exact) mass is 388 g/mol. The number of amides is 1. The van der Waals surface area contributed by atoms with E-state index in [4.69, 9.17) is 17.0 Å². The molecule has 1 aromatic rings. The third-order valence-electron chi connectivity index (χ3n) is 5.14. The van der Waals surface area contributed by atoms with Gasteiger partial charge in [0.05, 0.1) is 19.3 Å². The van der Waals surface area contributed by atoms with Crippen LogP contribution in [0.1, 0.15) is 17.3 Å². The molecule has 3 atom stereocenters. The number of thiocarbonyl (C=S) groups is 1. The van der Waals surface area contributed by atoms with Crippen molar-refractivity contribution in [2.45, 2.75) is 18.6 Å². The molecule has 1 saturated heterocycles. The Morgan fingerprint density at radius 3 is 2.85 bits per heavy atom. The van der Waals surface area contributed by atoms with Crippen LogP contribution in [0, 0.1) is 5.92 Å². The second-order valence-electron chi connectivity index (χ2n) is 6.56. The van der Waals surface area contributed by atoms with Crippen molar-refractivity contribution in [1.29, 1.82) is 0 Å². The van der Waals surface area contributed by atoms with E-state index in [0.29, 0.717) is 5.56 Å². The van der Waals surface area contributed by atoms with Crippen molar-refractivity contribution in [2.24, 2.45) is 5.92 Å². The Labute approximate surface area is 162 Å². The number of nitrogens with one attached hydrogen (secondary N) is 1. The van der Waals surface area contributed by atoms with Gasteiger partial charge in [-0.05, 0) is 43.4 Å². The van der Waals surface area contributed by atoms with E-state index in [1.165, 1.54) is 12.2 Å². The quantitative estimate of drug-likeness (QED) is 0.763. The van der Waals surface area contributed by atoms with Crippen LogP contribution in [0.15, 0.2) is 66.7 Å². The molecule has 27 heavy (non-hydrogen) atoms. The molecule has 0 aromatic heterocycles. The molecule has 0 unspecified atom stereocenters. The summed E-state index contributed by atoms with van der Waals surface area (Å²) in [6, 6.07) is 8.65. The summed E-state index contributed by atoms with van der Waals surface area (Å²) in [5, 5.41) is 12.7. The number of hydrogen-bond acceptors (Lipinski definition) is 4. The van der Waals surface area contributed by atoms with E-state index < -0.39 is 17.3 Å². The zero-order valence-corrected chi connectivity index (χ0v) is 15.7. The highest BCUT2D eigenvalue weighted by molar-refractivity contribution is 7.80. The topological polar surface area (TPSA) is 61.8 Å². The van der Waals surface area contributed by atoms with Gasteiger partial charge in [0.2, 0.25) is 0 Å². The summed E-state index contributed by atoms with van der Waals surface area (Å²) in [7, 11) is 0. The van der Waals surface area contributed by atoms with Crippen LogP contribution in [-0.2, 0) is 4.74 Å². The van der Waals surface area contributed by atoms with E-state index in [1.54, 1.807) is 35.4 Å². The van der Waals surface area contributed by atoms with E-state index in [-0.39, 0.29) is 35.9 Å². The molecule has 1 spiro atoms. The van der Waals surface area contributed by atoms with Crippen molar-refractivity contribution in [3.05, 3.63) is 72.2 Å². The summed E-state index contributed by atoms with van der Waals surface area (Å²) in [4.78, 5) is 14.1. The minimum Gasteiger partial charge on any atom is -0.396 e. The maximum atomic E-state index is 14.6. The maximum Gasteiger partial charge on any atom is 0.257 e. The number of benzene rings is 1. The van der Waals surface area contributed by atoms with Crippen LogP contribution in [0.2, 0.25) is 0 Å². The number of nitrogens with zero attached hydrogens (tertiary/aromatic N) is 1. The number of ether oxygens (including phenoxy) is 1. The zero-order valence-electron chi connectivity index (χ0n) is 14.9. The zero-order chi connectivity index (χ0) is 19.6. The van der Waals surface area contributed by atoms with Crippen molar-refractivity contribution < 1.29 is 19.0 Å². The molecule has 2 N–H and O–H groups in total. The van der Waals surface area contributed by atoms with Crippen molar-refractivity contribution >= 4 is 23.2 Å². The number of rotatable bonds is 2. The van der Waals surface area contributed by atoms with Crippen LogP contribution in [-0.4, -0.2) is 45.9 Å². The molecular weight excluding hydrogens is 367 g/mol. The molecule has 2 aliphatic rings. The highest BCUT2D eigenvalue weighted by Gasteiger charge is 2.55. The highest BCUT2D eigenvalue weighted by atomic mass is 32.1. The first-order valence-electron chi connectivity index (χ1n) is 8.57. The number of aliphatic hydroxyl groups is 1. The normalized spacial score (nSPS) is 27.4. The van der Waals surface area contributed by atoms with Gasteiger partial charge in [-0.3, -0.25) is 10.1 Å². The fourth-order valence-electron chi connectivity index (χ4n) is 3.60. The minimum atomic E-state index is -1.12. The first kappa shape index (κ1) is 19.4. The number of aliphatic hydroxyl groups excluding tert-OH is 1. The average molecular weight is 388 g/mol. The molecule has 1 amide bonds. The maximum absolute atomic E-state index is 14.6. The lowest BCUT2D eigenvalue weighted by atomic mass is 9.77.